The highest BCUT2D eigenvalue weighted by molar-refractivity contribution is 7.18. The molecule has 1 aromatic heterocycles. The van der Waals surface area contributed by atoms with Gasteiger partial charge in [0.2, 0.25) is 0 Å². The van der Waals surface area contributed by atoms with Crippen molar-refractivity contribution in [3.63, 3.8) is 0 Å². The van der Waals surface area contributed by atoms with Gasteiger partial charge in [0.25, 0.3) is 0 Å². The van der Waals surface area contributed by atoms with Gasteiger partial charge in [-0.15, -0.1) is 22.9 Å². The first-order chi connectivity index (χ1) is 9.61. The molecule has 0 aliphatic rings. The van der Waals surface area contributed by atoms with E-state index < -0.39 is 0 Å². The zero-order valence-corrected chi connectivity index (χ0v) is 13.3. The van der Waals surface area contributed by atoms with Crippen LogP contribution < -0.4 is 0 Å². The Kier molecular flexibility index (Phi) is 3.97. The van der Waals surface area contributed by atoms with Crippen LogP contribution in [0.25, 0.3) is 10.2 Å². The van der Waals surface area contributed by atoms with Crippen LogP contribution in [0.2, 0.25) is 5.02 Å². The summed E-state index contributed by atoms with van der Waals surface area (Å²) in [6, 6.07) is 14.1. The van der Waals surface area contributed by atoms with Crippen LogP contribution in [0.15, 0.2) is 42.5 Å². The molecule has 1 heterocycles. The Morgan fingerprint density at radius 1 is 1.20 bits per heavy atom. The van der Waals surface area contributed by atoms with Gasteiger partial charge in [-0.3, -0.25) is 0 Å². The van der Waals surface area contributed by atoms with E-state index >= 15 is 0 Å². The van der Waals surface area contributed by atoms with Crippen molar-refractivity contribution in [3.05, 3.63) is 63.6 Å². The molecule has 2 aromatic carbocycles. The molecular formula is C16H13Cl2NS. The smallest absolute Gasteiger partial charge is 0.0956 e. The molecule has 0 saturated carbocycles. The number of rotatable bonds is 3. The number of hydrogen-bond acceptors (Lipinski definition) is 2. The topological polar surface area (TPSA) is 12.9 Å². The molecule has 0 aliphatic carbocycles. The van der Waals surface area contributed by atoms with E-state index in [9.17, 15) is 0 Å². The third kappa shape index (κ3) is 2.98. The van der Waals surface area contributed by atoms with Gasteiger partial charge in [0.15, 0.2) is 0 Å². The second-order valence-corrected chi connectivity index (χ2v) is 6.89. The summed E-state index contributed by atoms with van der Waals surface area (Å²) >= 11 is 14.3. The van der Waals surface area contributed by atoms with E-state index in [1.54, 1.807) is 11.3 Å². The number of hydrogen-bond donors (Lipinski definition) is 0. The normalized spacial score (nSPS) is 12.8. The first kappa shape index (κ1) is 13.9. The summed E-state index contributed by atoms with van der Waals surface area (Å²) in [6.07, 6.45) is 0.723. The number of benzene rings is 2. The molecule has 3 aromatic rings. The number of aromatic nitrogens is 1. The van der Waals surface area contributed by atoms with Crippen molar-refractivity contribution in [2.75, 3.05) is 0 Å². The molecule has 0 bridgehead atoms. The number of fused-ring (bicyclic) bond motifs is 1. The third-order valence-corrected chi connectivity index (χ3v) is 4.80. The highest BCUT2D eigenvalue weighted by atomic mass is 35.5. The molecule has 3 rings (SSSR count). The van der Waals surface area contributed by atoms with Gasteiger partial charge >= 0.3 is 0 Å². The van der Waals surface area contributed by atoms with Crippen LogP contribution in [0.3, 0.4) is 0 Å². The number of thiazole rings is 1. The molecule has 4 heteroatoms. The number of para-hydroxylation sites is 1. The predicted molar refractivity (Wildman–Crippen MR) is 88.1 cm³/mol. The average molecular weight is 322 g/mol. The molecule has 0 fully saturated rings. The van der Waals surface area contributed by atoms with Gasteiger partial charge < -0.3 is 0 Å². The van der Waals surface area contributed by atoms with Crippen LogP contribution in [0.4, 0.5) is 0 Å². The lowest BCUT2D eigenvalue weighted by atomic mass is 10.1. The fourth-order valence-corrected chi connectivity index (χ4v) is 3.90. The maximum atomic E-state index is 6.52. The fraction of sp³-hybridized carbons (Fsp3) is 0.188. The summed E-state index contributed by atoms with van der Waals surface area (Å²) in [6.45, 7) is 2.02. The Hall–Kier alpha value is -1.09. The Morgan fingerprint density at radius 3 is 2.75 bits per heavy atom. The largest absolute Gasteiger partial charge is 0.241 e. The van der Waals surface area contributed by atoms with Crippen molar-refractivity contribution in [2.45, 2.75) is 18.7 Å². The van der Waals surface area contributed by atoms with Crippen LogP contribution >= 0.6 is 34.5 Å². The standard InChI is InChI=1S/C16H13Cl2NS/c1-10-6-11(8-12(17)7-10)13(18)9-16-19-14-4-2-3-5-15(14)20-16/h2-8,13H,9H2,1H3. The van der Waals surface area contributed by atoms with Gasteiger partial charge in [-0.2, -0.15) is 0 Å². The highest BCUT2D eigenvalue weighted by Gasteiger charge is 2.13. The van der Waals surface area contributed by atoms with E-state index in [0.29, 0.717) is 0 Å². The summed E-state index contributed by atoms with van der Waals surface area (Å²) in [5, 5.41) is 1.69. The lowest BCUT2D eigenvalue weighted by Gasteiger charge is -2.09. The maximum Gasteiger partial charge on any atom is 0.0956 e. The van der Waals surface area contributed by atoms with Crippen molar-refractivity contribution in [1.82, 2.24) is 4.98 Å². The van der Waals surface area contributed by atoms with Gasteiger partial charge in [-0.05, 0) is 42.3 Å². The van der Waals surface area contributed by atoms with Crippen molar-refractivity contribution in [1.29, 1.82) is 0 Å². The van der Waals surface area contributed by atoms with Gasteiger partial charge in [-0.25, -0.2) is 4.98 Å². The summed E-state index contributed by atoms with van der Waals surface area (Å²) in [5.74, 6) is 0. The zero-order valence-electron chi connectivity index (χ0n) is 10.9. The lowest BCUT2D eigenvalue weighted by molar-refractivity contribution is 0.909. The predicted octanol–water partition coefficient (Wildman–Crippen LogP) is 5.78. The van der Waals surface area contributed by atoms with Crippen molar-refractivity contribution >= 4 is 44.8 Å². The molecule has 1 nitrogen and oxygen atoms in total. The van der Waals surface area contributed by atoms with Crippen molar-refractivity contribution in [3.8, 4) is 0 Å². The van der Waals surface area contributed by atoms with E-state index in [2.05, 4.69) is 17.1 Å². The van der Waals surface area contributed by atoms with Crippen molar-refractivity contribution in [2.24, 2.45) is 0 Å². The van der Waals surface area contributed by atoms with Crippen LogP contribution in [0.1, 0.15) is 21.5 Å². The monoisotopic (exact) mass is 321 g/mol. The summed E-state index contributed by atoms with van der Waals surface area (Å²) in [5.41, 5.74) is 3.22. The molecule has 1 atom stereocenters. The molecule has 0 spiro atoms. The second-order valence-electron chi connectivity index (χ2n) is 4.81. The molecule has 102 valence electrons. The van der Waals surface area contributed by atoms with Crippen LogP contribution in [-0.4, -0.2) is 4.98 Å². The van der Waals surface area contributed by atoms with E-state index in [1.165, 1.54) is 4.70 Å². The molecule has 0 amide bonds. The molecule has 0 radical (unpaired) electrons. The summed E-state index contributed by atoms with van der Waals surface area (Å²) in [7, 11) is 0. The Labute approximate surface area is 132 Å². The van der Waals surface area contributed by atoms with Gasteiger partial charge in [0, 0.05) is 11.4 Å². The van der Waals surface area contributed by atoms with Crippen LogP contribution in [-0.2, 0) is 6.42 Å². The third-order valence-electron chi connectivity index (χ3n) is 3.12. The number of nitrogens with zero attached hydrogens (tertiary/aromatic N) is 1. The number of alkyl halides is 1. The Morgan fingerprint density at radius 2 is 2.00 bits per heavy atom. The van der Waals surface area contributed by atoms with Gasteiger partial charge in [0.05, 0.1) is 20.6 Å². The number of halogens is 2. The van der Waals surface area contributed by atoms with Crippen LogP contribution in [0, 0.1) is 6.92 Å². The van der Waals surface area contributed by atoms with E-state index in [4.69, 9.17) is 23.2 Å². The Balaban J connectivity index is 1.86. The van der Waals surface area contributed by atoms with E-state index in [1.807, 2.05) is 37.3 Å². The summed E-state index contributed by atoms with van der Waals surface area (Å²) < 4.78 is 1.20. The molecule has 1 unspecified atom stereocenters. The molecular weight excluding hydrogens is 309 g/mol. The minimum Gasteiger partial charge on any atom is -0.241 e. The van der Waals surface area contributed by atoms with Gasteiger partial charge in [0.1, 0.15) is 0 Å². The van der Waals surface area contributed by atoms with E-state index in [0.717, 1.165) is 33.1 Å². The average Bonchev–Trinajstić information content (AvgIpc) is 2.79. The Bertz CT molecular complexity index is 698. The zero-order chi connectivity index (χ0) is 14.1. The van der Waals surface area contributed by atoms with Crippen molar-refractivity contribution < 1.29 is 0 Å². The molecule has 0 aliphatic heterocycles. The quantitative estimate of drug-likeness (QED) is 0.557. The van der Waals surface area contributed by atoms with Crippen LogP contribution in [0.5, 0.6) is 0 Å². The second kappa shape index (κ2) is 5.72. The molecule has 0 saturated heterocycles. The number of aryl methyl sites for hydroxylation is 1. The van der Waals surface area contributed by atoms with Gasteiger partial charge in [-0.1, -0.05) is 29.8 Å². The summed E-state index contributed by atoms with van der Waals surface area (Å²) in [4.78, 5) is 4.62. The molecule has 20 heavy (non-hydrogen) atoms. The highest BCUT2D eigenvalue weighted by Crippen LogP contribution is 2.31. The molecule has 0 N–H and O–H groups in total. The fourth-order valence-electron chi connectivity index (χ4n) is 2.22. The minimum atomic E-state index is -0.104. The maximum absolute atomic E-state index is 6.52. The minimum absolute atomic E-state index is 0.104. The first-order valence-corrected chi connectivity index (χ1v) is 8.00. The first-order valence-electron chi connectivity index (χ1n) is 6.37. The van der Waals surface area contributed by atoms with E-state index in [-0.39, 0.29) is 5.38 Å². The lowest BCUT2D eigenvalue weighted by Crippen LogP contribution is -1.96. The SMILES string of the molecule is Cc1cc(Cl)cc(C(Cl)Cc2nc3ccccc3s2)c1.